The molecule has 3 nitrogen and oxygen atoms in total. The van der Waals surface area contributed by atoms with Crippen molar-refractivity contribution >= 4 is 5.91 Å². The van der Waals surface area contributed by atoms with Gasteiger partial charge in [0.15, 0.2) is 0 Å². The van der Waals surface area contributed by atoms with E-state index < -0.39 is 17.2 Å². The molecule has 0 radical (unpaired) electrons. The van der Waals surface area contributed by atoms with Gasteiger partial charge in [0.1, 0.15) is 11.6 Å². The number of rotatable bonds is 5. The van der Waals surface area contributed by atoms with Gasteiger partial charge in [0.25, 0.3) is 0 Å². The SMILES string of the molecule is CCCC1(C(=O)NCc2ccc(F)cc2F)CCCN1. The van der Waals surface area contributed by atoms with Gasteiger partial charge in [-0.1, -0.05) is 19.4 Å². The number of hydrogen-bond acceptors (Lipinski definition) is 2. The van der Waals surface area contributed by atoms with E-state index in [0.717, 1.165) is 38.3 Å². The number of benzene rings is 1. The van der Waals surface area contributed by atoms with Crippen LogP contribution in [-0.4, -0.2) is 18.0 Å². The molecule has 1 fully saturated rings. The van der Waals surface area contributed by atoms with Crippen molar-refractivity contribution in [2.45, 2.75) is 44.7 Å². The Morgan fingerprint density at radius 1 is 1.45 bits per heavy atom. The zero-order chi connectivity index (χ0) is 14.6. The topological polar surface area (TPSA) is 41.1 Å². The van der Waals surface area contributed by atoms with Gasteiger partial charge in [-0.15, -0.1) is 0 Å². The lowest BCUT2D eigenvalue weighted by Gasteiger charge is -2.27. The molecule has 0 aromatic heterocycles. The average molecular weight is 282 g/mol. The third-order valence-corrected chi connectivity index (χ3v) is 3.81. The van der Waals surface area contributed by atoms with E-state index in [2.05, 4.69) is 10.6 Å². The maximum absolute atomic E-state index is 13.5. The second kappa shape index (κ2) is 6.31. The molecular formula is C15H20F2N2O. The van der Waals surface area contributed by atoms with E-state index in [0.29, 0.717) is 5.56 Å². The first-order valence-electron chi connectivity index (χ1n) is 7.04. The van der Waals surface area contributed by atoms with E-state index in [9.17, 15) is 13.6 Å². The second-order valence-electron chi connectivity index (χ2n) is 5.28. The summed E-state index contributed by atoms with van der Waals surface area (Å²) in [5.41, 5.74) is -0.227. The van der Waals surface area contributed by atoms with Crippen LogP contribution in [0.5, 0.6) is 0 Å². The van der Waals surface area contributed by atoms with Crippen LogP contribution in [0.4, 0.5) is 8.78 Å². The Bertz CT molecular complexity index is 485. The number of carbonyl (C=O) groups excluding carboxylic acids is 1. The smallest absolute Gasteiger partial charge is 0.240 e. The summed E-state index contributed by atoms with van der Waals surface area (Å²) in [4.78, 5) is 12.3. The van der Waals surface area contributed by atoms with Crippen molar-refractivity contribution in [1.29, 1.82) is 0 Å². The van der Waals surface area contributed by atoms with Gasteiger partial charge in [0.05, 0.1) is 5.54 Å². The average Bonchev–Trinajstić information content (AvgIpc) is 2.88. The Balaban J connectivity index is 2.00. The third-order valence-electron chi connectivity index (χ3n) is 3.81. The Morgan fingerprint density at radius 3 is 2.85 bits per heavy atom. The minimum absolute atomic E-state index is 0.0814. The second-order valence-corrected chi connectivity index (χ2v) is 5.28. The highest BCUT2D eigenvalue weighted by Gasteiger charge is 2.39. The fourth-order valence-electron chi connectivity index (χ4n) is 2.76. The lowest BCUT2D eigenvalue weighted by molar-refractivity contribution is -0.127. The molecule has 1 unspecified atom stereocenters. The van der Waals surface area contributed by atoms with E-state index in [4.69, 9.17) is 0 Å². The zero-order valence-corrected chi connectivity index (χ0v) is 11.6. The van der Waals surface area contributed by atoms with E-state index in [-0.39, 0.29) is 12.5 Å². The molecule has 1 aliphatic heterocycles. The molecule has 2 N–H and O–H groups in total. The number of hydrogen-bond donors (Lipinski definition) is 2. The molecule has 1 aromatic rings. The number of carbonyl (C=O) groups is 1. The van der Waals surface area contributed by atoms with E-state index in [1.807, 2.05) is 6.92 Å². The van der Waals surface area contributed by atoms with Gasteiger partial charge in [0.2, 0.25) is 5.91 Å². The quantitative estimate of drug-likeness (QED) is 0.871. The monoisotopic (exact) mass is 282 g/mol. The Kier molecular flexibility index (Phi) is 4.70. The van der Waals surface area contributed by atoms with Gasteiger partial charge in [-0.25, -0.2) is 8.78 Å². The van der Waals surface area contributed by atoms with Crippen molar-refractivity contribution in [3.05, 3.63) is 35.4 Å². The van der Waals surface area contributed by atoms with Crippen molar-refractivity contribution in [2.24, 2.45) is 0 Å². The molecule has 1 saturated heterocycles. The lowest BCUT2D eigenvalue weighted by atomic mass is 9.91. The van der Waals surface area contributed by atoms with Crippen molar-refractivity contribution < 1.29 is 13.6 Å². The molecular weight excluding hydrogens is 262 g/mol. The molecule has 1 heterocycles. The highest BCUT2D eigenvalue weighted by atomic mass is 19.1. The molecule has 110 valence electrons. The predicted octanol–water partition coefficient (Wildman–Crippen LogP) is 2.50. The molecule has 0 saturated carbocycles. The standard InChI is InChI=1S/C15H20F2N2O/c1-2-6-15(7-3-8-19-15)14(20)18-10-11-4-5-12(16)9-13(11)17/h4-5,9,19H,2-3,6-8,10H2,1H3,(H,18,20). The van der Waals surface area contributed by atoms with Crippen LogP contribution in [0.25, 0.3) is 0 Å². The highest BCUT2D eigenvalue weighted by molar-refractivity contribution is 5.86. The molecule has 1 aromatic carbocycles. The summed E-state index contributed by atoms with van der Waals surface area (Å²) in [6, 6.07) is 3.39. The van der Waals surface area contributed by atoms with Gasteiger partial charge in [-0.2, -0.15) is 0 Å². The molecule has 1 aliphatic rings. The minimum atomic E-state index is -0.630. The normalized spacial score (nSPS) is 21.9. The molecule has 0 aliphatic carbocycles. The highest BCUT2D eigenvalue weighted by Crippen LogP contribution is 2.25. The van der Waals surface area contributed by atoms with E-state index >= 15 is 0 Å². The van der Waals surface area contributed by atoms with Crippen LogP contribution in [0, 0.1) is 11.6 Å². The number of amides is 1. The number of halogens is 2. The van der Waals surface area contributed by atoms with E-state index in [1.54, 1.807) is 0 Å². The molecule has 2 rings (SSSR count). The van der Waals surface area contributed by atoms with Gasteiger partial charge in [-0.05, 0) is 31.9 Å². The summed E-state index contributed by atoms with van der Waals surface area (Å²) in [5.74, 6) is -1.34. The first kappa shape index (κ1) is 14.9. The van der Waals surface area contributed by atoms with Crippen LogP contribution in [0.3, 0.4) is 0 Å². The fourth-order valence-corrected chi connectivity index (χ4v) is 2.76. The summed E-state index contributed by atoms with van der Waals surface area (Å²) < 4.78 is 26.3. The maximum atomic E-state index is 13.5. The van der Waals surface area contributed by atoms with E-state index in [1.165, 1.54) is 12.1 Å². The largest absolute Gasteiger partial charge is 0.350 e. The van der Waals surface area contributed by atoms with Crippen LogP contribution in [-0.2, 0) is 11.3 Å². The van der Waals surface area contributed by atoms with Crippen molar-refractivity contribution in [1.82, 2.24) is 10.6 Å². The summed E-state index contributed by atoms with van der Waals surface area (Å²) >= 11 is 0. The Labute approximate surface area is 117 Å². The molecule has 20 heavy (non-hydrogen) atoms. The summed E-state index contributed by atoms with van der Waals surface area (Å²) in [7, 11) is 0. The summed E-state index contributed by atoms with van der Waals surface area (Å²) in [6.45, 7) is 2.95. The Morgan fingerprint density at radius 2 is 2.25 bits per heavy atom. The van der Waals surface area contributed by atoms with Crippen LogP contribution in [0.2, 0.25) is 0 Å². The van der Waals surface area contributed by atoms with Crippen molar-refractivity contribution in [3.63, 3.8) is 0 Å². The van der Waals surface area contributed by atoms with Crippen molar-refractivity contribution in [3.8, 4) is 0 Å². The minimum Gasteiger partial charge on any atom is -0.350 e. The summed E-state index contributed by atoms with van der Waals surface area (Å²) in [5, 5.41) is 6.03. The summed E-state index contributed by atoms with van der Waals surface area (Å²) in [6.07, 6.45) is 3.45. The molecule has 1 amide bonds. The molecule has 5 heteroatoms. The van der Waals surface area contributed by atoms with Gasteiger partial charge >= 0.3 is 0 Å². The van der Waals surface area contributed by atoms with Gasteiger partial charge in [0, 0.05) is 18.2 Å². The van der Waals surface area contributed by atoms with Crippen LogP contribution < -0.4 is 10.6 Å². The van der Waals surface area contributed by atoms with Gasteiger partial charge < -0.3 is 10.6 Å². The third kappa shape index (κ3) is 3.15. The van der Waals surface area contributed by atoms with Crippen LogP contribution >= 0.6 is 0 Å². The maximum Gasteiger partial charge on any atom is 0.240 e. The zero-order valence-electron chi connectivity index (χ0n) is 11.6. The fraction of sp³-hybridized carbons (Fsp3) is 0.533. The lowest BCUT2D eigenvalue weighted by Crippen LogP contribution is -2.53. The van der Waals surface area contributed by atoms with Crippen LogP contribution in [0.15, 0.2) is 18.2 Å². The predicted molar refractivity (Wildman–Crippen MR) is 73.1 cm³/mol. The first-order chi connectivity index (χ1) is 9.57. The first-order valence-corrected chi connectivity index (χ1v) is 7.04. The Hall–Kier alpha value is -1.49. The van der Waals surface area contributed by atoms with Gasteiger partial charge in [-0.3, -0.25) is 4.79 Å². The van der Waals surface area contributed by atoms with Crippen LogP contribution in [0.1, 0.15) is 38.2 Å². The molecule has 0 spiro atoms. The molecule has 1 atom stereocenters. The molecule has 0 bridgehead atoms. The number of nitrogens with one attached hydrogen (secondary N) is 2. The van der Waals surface area contributed by atoms with Crippen molar-refractivity contribution in [2.75, 3.05) is 6.54 Å².